The molecule has 0 aliphatic rings. The van der Waals surface area contributed by atoms with Crippen LogP contribution in [0, 0.1) is 0 Å². The molecule has 80 valence electrons. The molecular weight excluding hydrogens is 258 g/mol. The van der Waals surface area contributed by atoms with Gasteiger partial charge < -0.3 is 14.5 Å². The smallest absolute Gasteiger partial charge is 0.177 e. The molecule has 0 aliphatic carbocycles. The van der Waals surface area contributed by atoms with E-state index in [0.29, 0.717) is 6.54 Å². The molecule has 0 radical (unpaired) electrons. The van der Waals surface area contributed by atoms with Gasteiger partial charge in [0.1, 0.15) is 5.76 Å². The van der Waals surface area contributed by atoms with Gasteiger partial charge in [-0.05, 0) is 25.2 Å². The fourth-order valence-electron chi connectivity index (χ4n) is 1.54. The quantitative estimate of drug-likeness (QED) is 0.931. The van der Waals surface area contributed by atoms with E-state index < -0.39 is 0 Å². The molecule has 0 aliphatic heterocycles. The maximum atomic E-state index is 5.69. The molecule has 0 bridgehead atoms. The van der Waals surface area contributed by atoms with Crippen LogP contribution in [0.4, 0.5) is 0 Å². The number of methoxy groups -OCH3 is 1. The second-order valence-corrected chi connectivity index (χ2v) is 4.09. The first-order valence-corrected chi connectivity index (χ1v) is 5.45. The van der Waals surface area contributed by atoms with Crippen molar-refractivity contribution in [1.29, 1.82) is 0 Å². The van der Waals surface area contributed by atoms with Crippen molar-refractivity contribution in [3.8, 4) is 5.75 Å². The van der Waals surface area contributed by atoms with Gasteiger partial charge >= 0.3 is 0 Å². The first-order valence-electron chi connectivity index (χ1n) is 4.65. The molecule has 1 heterocycles. The summed E-state index contributed by atoms with van der Waals surface area (Å²) in [4.78, 5) is 0. The van der Waals surface area contributed by atoms with Gasteiger partial charge in [0.2, 0.25) is 0 Å². The Balaban J connectivity index is 2.61. The van der Waals surface area contributed by atoms with Gasteiger partial charge in [0, 0.05) is 9.86 Å². The van der Waals surface area contributed by atoms with Gasteiger partial charge in [-0.3, -0.25) is 0 Å². The largest absolute Gasteiger partial charge is 0.493 e. The molecule has 1 aromatic heterocycles. The maximum Gasteiger partial charge on any atom is 0.177 e. The Bertz CT molecular complexity index is 479. The minimum Gasteiger partial charge on any atom is -0.493 e. The Labute approximate surface area is 96.5 Å². The summed E-state index contributed by atoms with van der Waals surface area (Å²) >= 11 is 3.49. The average Bonchev–Trinajstić information content (AvgIpc) is 2.64. The van der Waals surface area contributed by atoms with Crippen LogP contribution in [0.15, 0.2) is 27.1 Å². The van der Waals surface area contributed by atoms with E-state index in [1.54, 1.807) is 7.11 Å². The van der Waals surface area contributed by atoms with E-state index in [9.17, 15) is 0 Å². The molecule has 15 heavy (non-hydrogen) atoms. The highest BCUT2D eigenvalue weighted by molar-refractivity contribution is 9.10. The number of fused-ring (bicyclic) bond motifs is 1. The normalized spacial score (nSPS) is 10.9. The topological polar surface area (TPSA) is 34.4 Å². The third-order valence-electron chi connectivity index (χ3n) is 2.22. The summed E-state index contributed by atoms with van der Waals surface area (Å²) in [5.74, 6) is 1.66. The highest BCUT2D eigenvalue weighted by atomic mass is 79.9. The standard InChI is InChI=1S/C11H12BrNO2/c1-13-6-7-5-8-9(12)3-4-10(14-2)11(8)15-7/h3-5,13H,6H2,1-2H3. The summed E-state index contributed by atoms with van der Waals surface area (Å²) < 4.78 is 12.0. The lowest BCUT2D eigenvalue weighted by atomic mass is 10.2. The SMILES string of the molecule is CNCc1cc2c(Br)ccc(OC)c2o1. The number of hydrogen-bond donors (Lipinski definition) is 1. The van der Waals surface area contributed by atoms with Gasteiger partial charge in [-0.2, -0.15) is 0 Å². The number of nitrogens with one attached hydrogen (secondary N) is 1. The van der Waals surface area contributed by atoms with E-state index in [0.717, 1.165) is 27.0 Å². The molecule has 0 amide bonds. The molecule has 0 atom stereocenters. The molecule has 4 heteroatoms. The van der Waals surface area contributed by atoms with E-state index in [1.807, 2.05) is 25.2 Å². The monoisotopic (exact) mass is 269 g/mol. The zero-order chi connectivity index (χ0) is 10.8. The lowest BCUT2D eigenvalue weighted by Gasteiger charge is -2.00. The lowest BCUT2D eigenvalue weighted by molar-refractivity contribution is 0.406. The van der Waals surface area contributed by atoms with Crippen molar-refractivity contribution in [3.05, 3.63) is 28.4 Å². The van der Waals surface area contributed by atoms with Crippen LogP contribution < -0.4 is 10.1 Å². The van der Waals surface area contributed by atoms with Crippen LogP contribution in [-0.2, 0) is 6.54 Å². The molecule has 2 aromatic rings. The lowest BCUT2D eigenvalue weighted by Crippen LogP contribution is -2.03. The van der Waals surface area contributed by atoms with E-state index in [2.05, 4.69) is 21.2 Å². The molecule has 1 N–H and O–H groups in total. The van der Waals surface area contributed by atoms with Crippen LogP contribution in [0.2, 0.25) is 0 Å². The highest BCUT2D eigenvalue weighted by Gasteiger charge is 2.10. The Morgan fingerprint density at radius 1 is 1.47 bits per heavy atom. The van der Waals surface area contributed by atoms with Crippen LogP contribution in [-0.4, -0.2) is 14.2 Å². The first-order chi connectivity index (χ1) is 7.26. The van der Waals surface area contributed by atoms with Crippen LogP contribution >= 0.6 is 15.9 Å². The number of rotatable bonds is 3. The Morgan fingerprint density at radius 3 is 2.93 bits per heavy atom. The molecule has 0 unspecified atom stereocenters. The predicted molar refractivity (Wildman–Crippen MR) is 63.2 cm³/mol. The van der Waals surface area contributed by atoms with Crippen molar-refractivity contribution >= 4 is 26.9 Å². The average molecular weight is 270 g/mol. The van der Waals surface area contributed by atoms with Gasteiger partial charge in [-0.25, -0.2) is 0 Å². The third-order valence-corrected chi connectivity index (χ3v) is 2.91. The number of benzene rings is 1. The number of hydrogen-bond acceptors (Lipinski definition) is 3. The molecular formula is C11H12BrNO2. The fourth-order valence-corrected chi connectivity index (χ4v) is 1.97. The van der Waals surface area contributed by atoms with Crippen molar-refractivity contribution < 1.29 is 9.15 Å². The van der Waals surface area contributed by atoms with E-state index in [-0.39, 0.29) is 0 Å². The minimum absolute atomic E-state index is 0.713. The molecule has 0 spiro atoms. The Hall–Kier alpha value is -1.00. The van der Waals surface area contributed by atoms with Crippen LogP contribution in [0.5, 0.6) is 5.75 Å². The molecule has 0 fully saturated rings. The molecule has 2 rings (SSSR count). The molecule has 1 aromatic carbocycles. The summed E-state index contributed by atoms with van der Waals surface area (Å²) in [5.41, 5.74) is 0.789. The van der Waals surface area contributed by atoms with Gasteiger partial charge in [0.25, 0.3) is 0 Å². The van der Waals surface area contributed by atoms with Gasteiger partial charge in [-0.15, -0.1) is 0 Å². The van der Waals surface area contributed by atoms with Gasteiger partial charge in [0.05, 0.1) is 13.7 Å². The number of ether oxygens (including phenoxy) is 1. The number of furan rings is 1. The van der Waals surface area contributed by atoms with Crippen LogP contribution in [0.25, 0.3) is 11.0 Å². The summed E-state index contributed by atoms with van der Waals surface area (Å²) in [5, 5.41) is 4.09. The summed E-state index contributed by atoms with van der Waals surface area (Å²) in [7, 11) is 3.53. The summed E-state index contributed by atoms with van der Waals surface area (Å²) in [6.45, 7) is 0.713. The van der Waals surface area contributed by atoms with Gasteiger partial charge in [-0.1, -0.05) is 15.9 Å². The maximum absolute atomic E-state index is 5.69. The zero-order valence-corrected chi connectivity index (χ0v) is 10.2. The zero-order valence-electron chi connectivity index (χ0n) is 8.63. The van der Waals surface area contributed by atoms with Crippen molar-refractivity contribution in [1.82, 2.24) is 5.32 Å². The highest BCUT2D eigenvalue weighted by Crippen LogP contribution is 2.34. The Morgan fingerprint density at radius 2 is 2.27 bits per heavy atom. The Kier molecular flexibility index (Phi) is 2.98. The molecule has 0 saturated heterocycles. The summed E-state index contributed by atoms with van der Waals surface area (Å²) in [6.07, 6.45) is 0. The van der Waals surface area contributed by atoms with Crippen molar-refractivity contribution in [2.75, 3.05) is 14.2 Å². The van der Waals surface area contributed by atoms with E-state index in [1.165, 1.54) is 0 Å². The van der Waals surface area contributed by atoms with Crippen molar-refractivity contribution in [2.24, 2.45) is 0 Å². The third kappa shape index (κ3) is 1.87. The van der Waals surface area contributed by atoms with Gasteiger partial charge in [0.15, 0.2) is 11.3 Å². The fraction of sp³-hybridized carbons (Fsp3) is 0.273. The molecule has 3 nitrogen and oxygen atoms in total. The second kappa shape index (κ2) is 4.24. The summed E-state index contributed by atoms with van der Waals surface area (Å²) in [6, 6.07) is 5.86. The van der Waals surface area contributed by atoms with Crippen molar-refractivity contribution in [2.45, 2.75) is 6.54 Å². The predicted octanol–water partition coefficient (Wildman–Crippen LogP) is 2.92. The minimum atomic E-state index is 0.713. The van der Waals surface area contributed by atoms with E-state index >= 15 is 0 Å². The van der Waals surface area contributed by atoms with E-state index in [4.69, 9.17) is 9.15 Å². The van der Waals surface area contributed by atoms with Crippen LogP contribution in [0.1, 0.15) is 5.76 Å². The second-order valence-electron chi connectivity index (χ2n) is 3.24. The van der Waals surface area contributed by atoms with Crippen LogP contribution in [0.3, 0.4) is 0 Å². The molecule has 0 saturated carbocycles. The van der Waals surface area contributed by atoms with Crippen molar-refractivity contribution in [3.63, 3.8) is 0 Å². The number of halogens is 1. The first kappa shape index (κ1) is 10.5.